The molecule has 0 spiro atoms. The Morgan fingerprint density at radius 3 is 2.70 bits per heavy atom. The predicted molar refractivity (Wildman–Crippen MR) is 109 cm³/mol. The van der Waals surface area contributed by atoms with E-state index < -0.39 is 5.91 Å². The van der Waals surface area contributed by atoms with Crippen LogP contribution in [0.3, 0.4) is 0 Å². The molecule has 1 fully saturated rings. The third-order valence-electron chi connectivity index (χ3n) is 3.90. The lowest BCUT2D eigenvalue weighted by Gasteiger charge is -2.15. The first kappa shape index (κ1) is 18.9. The molecule has 6 nitrogen and oxygen atoms in total. The molecule has 8 heteroatoms. The molecule has 0 radical (unpaired) electrons. The standard InChI is InChI=1S/C19H16N2O4S2/c1-11-4-2-3-5-14(11)20-17(24)10-21-18(25)16(27-19(21)26)8-12-6-7-13(22)9-15(12)23/h2-9,22-23H,10H2,1H3,(H,20,24)/b16-8-. The van der Waals surface area contributed by atoms with Gasteiger partial charge in [0.15, 0.2) is 0 Å². The number of hydrogen-bond acceptors (Lipinski definition) is 6. The summed E-state index contributed by atoms with van der Waals surface area (Å²) in [6.45, 7) is 1.68. The summed E-state index contributed by atoms with van der Waals surface area (Å²) in [5, 5.41) is 22.0. The van der Waals surface area contributed by atoms with Crippen LogP contribution in [0.2, 0.25) is 0 Å². The van der Waals surface area contributed by atoms with Gasteiger partial charge in [-0.05, 0) is 36.8 Å². The molecule has 138 valence electrons. The molecule has 0 atom stereocenters. The highest BCUT2D eigenvalue weighted by atomic mass is 32.2. The average Bonchev–Trinajstić information content (AvgIpc) is 2.87. The Kier molecular flexibility index (Phi) is 5.48. The largest absolute Gasteiger partial charge is 0.508 e. The van der Waals surface area contributed by atoms with Crippen LogP contribution >= 0.6 is 24.0 Å². The summed E-state index contributed by atoms with van der Waals surface area (Å²) >= 11 is 6.27. The predicted octanol–water partition coefficient (Wildman–Crippen LogP) is 3.25. The number of aromatic hydroxyl groups is 2. The summed E-state index contributed by atoms with van der Waals surface area (Å²) in [5.74, 6) is -0.991. The van der Waals surface area contributed by atoms with E-state index in [0.717, 1.165) is 17.3 Å². The third-order valence-corrected chi connectivity index (χ3v) is 5.27. The van der Waals surface area contributed by atoms with Crippen LogP contribution in [0.1, 0.15) is 11.1 Å². The number of thioether (sulfide) groups is 1. The Balaban J connectivity index is 1.73. The van der Waals surface area contributed by atoms with Crippen molar-refractivity contribution >= 4 is 51.9 Å². The number of anilines is 1. The number of hydrogen-bond donors (Lipinski definition) is 3. The van der Waals surface area contributed by atoms with E-state index >= 15 is 0 Å². The maximum atomic E-state index is 12.6. The van der Waals surface area contributed by atoms with Crippen LogP contribution in [0.4, 0.5) is 5.69 Å². The highest BCUT2D eigenvalue weighted by Gasteiger charge is 2.33. The molecule has 1 heterocycles. The molecule has 1 aliphatic heterocycles. The Morgan fingerprint density at radius 2 is 2.00 bits per heavy atom. The minimum absolute atomic E-state index is 0.0786. The zero-order valence-electron chi connectivity index (χ0n) is 14.3. The molecule has 1 aliphatic rings. The Morgan fingerprint density at radius 1 is 1.26 bits per heavy atom. The normalized spacial score (nSPS) is 15.4. The third kappa shape index (κ3) is 4.29. The molecule has 3 N–H and O–H groups in total. The van der Waals surface area contributed by atoms with Crippen LogP contribution in [0.25, 0.3) is 6.08 Å². The number of aryl methyl sites for hydroxylation is 1. The topological polar surface area (TPSA) is 89.9 Å². The van der Waals surface area contributed by atoms with E-state index in [1.54, 1.807) is 6.07 Å². The van der Waals surface area contributed by atoms with Crippen LogP contribution in [-0.2, 0) is 9.59 Å². The van der Waals surface area contributed by atoms with E-state index in [1.165, 1.54) is 29.2 Å². The van der Waals surface area contributed by atoms with Gasteiger partial charge in [-0.3, -0.25) is 14.5 Å². The van der Waals surface area contributed by atoms with Crippen LogP contribution in [0.5, 0.6) is 11.5 Å². The summed E-state index contributed by atoms with van der Waals surface area (Å²) in [4.78, 5) is 26.4. The highest BCUT2D eigenvalue weighted by molar-refractivity contribution is 8.26. The number of phenols is 2. The van der Waals surface area contributed by atoms with Crippen molar-refractivity contribution in [3.63, 3.8) is 0 Å². The van der Waals surface area contributed by atoms with E-state index in [9.17, 15) is 19.8 Å². The van der Waals surface area contributed by atoms with E-state index in [1.807, 2.05) is 25.1 Å². The second kappa shape index (κ2) is 7.81. The van der Waals surface area contributed by atoms with Gasteiger partial charge in [0.1, 0.15) is 22.4 Å². The molecular weight excluding hydrogens is 384 g/mol. The second-order valence-corrected chi connectivity index (χ2v) is 7.55. The van der Waals surface area contributed by atoms with Crippen molar-refractivity contribution in [3.8, 4) is 11.5 Å². The lowest BCUT2D eigenvalue weighted by Crippen LogP contribution is -2.36. The summed E-state index contributed by atoms with van der Waals surface area (Å²) in [6.07, 6.45) is 1.48. The first-order valence-electron chi connectivity index (χ1n) is 7.98. The number of carbonyl (C=O) groups excluding carboxylic acids is 2. The monoisotopic (exact) mass is 400 g/mol. The van der Waals surface area contributed by atoms with Crippen LogP contribution in [0, 0.1) is 6.92 Å². The van der Waals surface area contributed by atoms with Crippen molar-refractivity contribution in [3.05, 3.63) is 58.5 Å². The van der Waals surface area contributed by atoms with Crippen molar-refractivity contribution in [1.29, 1.82) is 0 Å². The Bertz CT molecular complexity index is 972. The number of nitrogens with zero attached hydrogens (tertiary/aromatic N) is 1. The summed E-state index contributed by atoms with van der Waals surface area (Å²) in [6, 6.07) is 11.4. The fourth-order valence-electron chi connectivity index (χ4n) is 2.48. The van der Waals surface area contributed by atoms with E-state index in [2.05, 4.69) is 5.32 Å². The fourth-order valence-corrected chi connectivity index (χ4v) is 3.72. The lowest BCUT2D eigenvalue weighted by atomic mass is 10.1. The molecule has 1 saturated heterocycles. The van der Waals surface area contributed by atoms with Crippen LogP contribution in [-0.4, -0.2) is 37.8 Å². The lowest BCUT2D eigenvalue weighted by molar-refractivity contribution is -0.126. The van der Waals surface area contributed by atoms with Crippen molar-refractivity contribution in [2.45, 2.75) is 6.92 Å². The van der Waals surface area contributed by atoms with E-state index in [4.69, 9.17) is 12.2 Å². The number of carbonyl (C=O) groups is 2. The number of amides is 2. The smallest absolute Gasteiger partial charge is 0.266 e. The summed E-state index contributed by atoms with van der Waals surface area (Å²) in [7, 11) is 0. The van der Waals surface area contributed by atoms with Gasteiger partial charge in [-0.15, -0.1) is 0 Å². The van der Waals surface area contributed by atoms with Gasteiger partial charge >= 0.3 is 0 Å². The molecule has 0 bridgehead atoms. The first-order valence-corrected chi connectivity index (χ1v) is 9.20. The average molecular weight is 400 g/mol. The van der Waals surface area contributed by atoms with Gasteiger partial charge < -0.3 is 15.5 Å². The molecular formula is C19H16N2O4S2. The molecule has 0 unspecified atom stereocenters. The number of thiocarbonyl (C=S) groups is 1. The number of phenolic OH excluding ortho intramolecular Hbond substituents is 2. The van der Waals surface area contributed by atoms with Crippen molar-refractivity contribution in [2.24, 2.45) is 0 Å². The molecule has 2 aromatic rings. The number of nitrogens with one attached hydrogen (secondary N) is 1. The van der Waals surface area contributed by atoms with Gasteiger partial charge in [0.05, 0.1) is 4.91 Å². The summed E-state index contributed by atoms with van der Waals surface area (Å²) < 4.78 is 0.268. The Hall–Kier alpha value is -2.84. The van der Waals surface area contributed by atoms with Gasteiger partial charge in [-0.1, -0.05) is 42.2 Å². The SMILES string of the molecule is Cc1ccccc1NC(=O)CN1C(=O)/C(=C/c2ccc(O)cc2O)SC1=S. The van der Waals surface area contributed by atoms with E-state index in [0.29, 0.717) is 16.2 Å². The zero-order valence-corrected chi connectivity index (χ0v) is 15.9. The number of para-hydroxylation sites is 1. The molecule has 0 saturated carbocycles. The maximum Gasteiger partial charge on any atom is 0.266 e. The van der Waals surface area contributed by atoms with Crippen LogP contribution < -0.4 is 5.32 Å². The minimum Gasteiger partial charge on any atom is -0.508 e. The van der Waals surface area contributed by atoms with Gasteiger partial charge in [-0.2, -0.15) is 0 Å². The molecule has 0 aliphatic carbocycles. The van der Waals surface area contributed by atoms with Gasteiger partial charge in [0, 0.05) is 17.3 Å². The molecule has 3 rings (SSSR count). The van der Waals surface area contributed by atoms with E-state index in [-0.39, 0.29) is 28.3 Å². The fraction of sp³-hybridized carbons (Fsp3) is 0.105. The molecule has 0 aromatic heterocycles. The van der Waals surface area contributed by atoms with Gasteiger partial charge in [-0.25, -0.2) is 0 Å². The minimum atomic E-state index is -0.405. The van der Waals surface area contributed by atoms with Crippen molar-refractivity contribution in [1.82, 2.24) is 4.90 Å². The van der Waals surface area contributed by atoms with Gasteiger partial charge in [0.25, 0.3) is 5.91 Å². The van der Waals surface area contributed by atoms with Crippen molar-refractivity contribution < 1.29 is 19.8 Å². The molecule has 2 aromatic carbocycles. The van der Waals surface area contributed by atoms with Crippen molar-refractivity contribution in [2.75, 3.05) is 11.9 Å². The number of rotatable bonds is 4. The quantitative estimate of drug-likeness (QED) is 0.539. The second-order valence-electron chi connectivity index (χ2n) is 5.87. The number of benzene rings is 2. The molecule has 2 amide bonds. The maximum absolute atomic E-state index is 12.6. The van der Waals surface area contributed by atoms with Gasteiger partial charge in [0.2, 0.25) is 5.91 Å². The van der Waals surface area contributed by atoms with Crippen LogP contribution in [0.15, 0.2) is 47.4 Å². The Labute approximate surface area is 165 Å². The highest BCUT2D eigenvalue weighted by Crippen LogP contribution is 2.34. The summed E-state index contributed by atoms with van der Waals surface area (Å²) in [5.41, 5.74) is 1.97. The first-order chi connectivity index (χ1) is 12.8. The zero-order chi connectivity index (χ0) is 19.6. The molecule has 27 heavy (non-hydrogen) atoms.